The maximum absolute atomic E-state index is 3.32. The van der Waals surface area contributed by atoms with Crippen molar-refractivity contribution in [1.29, 1.82) is 0 Å². The van der Waals surface area contributed by atoms with Gasteiger partial charge in [0.1, 0.15) is 11.4 Å². The van der Waals surface area contributed by atoms with E-state index in [-0.39, 0.29) is 0 Å². The summed E-state index contributed by atoms with van der Waals surface area (Å²) in [6.45, 7) is 9.73. The van der Waals surface area contributed by atoms with E-state index in [0.717, 1.165) is 6.54 Å². The highest BCUT2D eigenvalue weighted by molar-refractivity contribution is 5.02. The van der Waals surface area contributed by atoms with Crippen molar-refractivity contribution in [2.75, 3.05) is 0 Å². The van der Waals surface area contributed by atoms with E-state index < -0.39 is 0 Å². The Kier molecular flexibility index (Phi) is 2.32. The highest BCUT2D eigenvalue weighted by Crippen LogP contribution is 1.99. The van der Waals surface area contributed by atoms with Crippen LogP contribution in [0.4, 0.5) is 0 Å². The van der Waals surface area contributed by atoms with Gasteiger partial charge in [-0.2, -0.15) is 0 Å². The molecule has 1 rings (SSSR count). The molecule has 2 nitrogen and oxygen atoms in total. The average molecular weight is 153 g/mol. The van der Waals surface area contributed by atoms with E-state index in [0.29, 0.717) is 0 Å². The minimum atomic E-state index is 1.13. The van der Waals surface area contributed by atoms with Crippen LogP contribution in [0.15, 0.2) is 0 Å². The number of rotatable bonds is 2. The van der Waals surface area contributed by atoms with Crippen LogP contribution in [0.1, 0.15) is 30.6 Å². The summed E-state index contributed by atoms with van der Waals surface area (Å²) in [5.41, 5.74) is 2.65. The Labute approximate surface area is 68.3 Å². The zero-order chi connectivity index (χ0) is 8.43. The van der Waals surface area contributed by atoms with E-state index in [2.05, 4.69) is 37.2 Å². The van der Waals surface area contributed by atoms with Crippen LogP contribution in [-0.4, -0.2) is 4.98 Å². The second-order valence-corrected chi connectivity index (χ2v) is 3.07. The molecular formula is C9H17N2+. The Balaban J connectivity index is 3.02. The molecular weight excluding hydrogens is 136 g/mol. The molecule has 0 spiro atoms. The second-order valence-electron chi connectivity index (χ2n) is 3.07. The molecule has 0 amide bonds. The SMILES string of the molecule is CCC[n+]1c(C)[nH]c(C)c1C. The predicted octanol–water partition coefficient (Wildman–Crippen LogP) is 1.64. The van der Waals surface area contributed by atoms with Crippen LogP contribution < -0.4 is 4.57 Å². The van der Waals surface area contributed by atoms with E-state index in [9.17, 15) is 0 Å². The number of H-pyrrole nitrogens is 1. The van der Waals surface area contributed by atoms with Crippen LogP contribution in [0.25, 0.3) is 0 Å². The number of aryl methyl sites for hydroxylation is 2. The number of aromatic nitrogens is 2. The van der Waals surface area contributed by atoms with Crippen molar-refractivity contribution in [1.82, 2.24) is 4.98 Å². The first-order valence-corrected chi connectivity index (χ1v) is 4.22. The highest BCUT2D eigenvalue weighted by atomic mass is 15.1. The van der Waals surface area contributed by atoms with Crippen molar-refractivity contribution in [3.8, 4) is 0 Å². The first-order valence-electron chi connectivity index (χ1n) is 4.22. The summed E-state index contributed by atoms with van der Waals surface area (Å²) >= 11 is 0. The smallest absolute Gasteiger partial charge is 0.245 e. The van der Waals surface area contributed by atoms with Crippen LogP contribution in [0.2, 0.25) is 0 Å². The van der Waals surface area contributed by atoms with Gasteiger partial charge in [0.2, 0.25) is 0 Å². The van der Waals surface area contributed by atoms with Crippen molar-refractivity contribution in [2.24, 2.45) is 0 Å². The first kappa shape index (κ1) is 8.31. The summed E-state index contributed by atoms with van der Waals surface area (Å²) in [6, 6.07) is 0. The summed E-state index contributed by atoms with van der Waals surface area (Å²) in [4.78, 5) is 3.32. The molecule has 0 aliphatic carbocycles. The van der Waals surface area contributed by atoms with Crippen LogP contribution in [-0.2, 0) is 6.54 Å². The Morgan fingerprint density at radius 2 is 1.91 bits per heavy atom. The van der Waals surface area contributed by atoms with Gasteiger partial charge in [0.25, 0.3) is 5.82 Å². The van der Waals surface area contributed by atoms with E-state index in [1.54, 1.807) is 0 Å². The molecule has 1 aromatic rings. The van der Waals surface area contributed by atoms with Gasteiger partial charge in [-0.15, -0.1) is 0 Å². The molecule has 0 saturated heterocycles. The number of hydrogen-bond acceptors (Lipinski definition) is 0. The van der Waals surface area contributed by atoms with Crippen LogP contribution >= 0.6 is 0 Å². The Bertz CT molecular complexity index is 248. The lowest BCUT2D eigenvalue weighted by atomic mass is 10.3. The number of nitrogens with zero attached hydrogens (tertiary/aromatic N) is 1. The summed E-state index contributed by atoms with van der Waals surface area (Å²) in [7, 11) is 0. The lowest BCUT2D eigenvalue weighted by Crippen LogP contribution is -2.37. The lowest BCUT2D eigenvalue weighted by molar-refractivity contribution is -0.707. The Morgan fingerprint density at radius 1 is 1.27 bits per heavy atom. The van der Waals surface area contributed by atoms with Crippen LogP contribution in [0, 0.1) is 20.8 Å². The maximum Gasteiger partial charge on any atom is 0.251 e. The first-order chi connectivity index (χ1) is 5.16. The quantitative estimate of drug-likeness (QED) is 0.623. The minimum absolute atomic E-state index is 1.13. The highest BCUT2D eigenvalue weighted by Gasteiger charge is 2.12. The van der Waals surface area contributed by atoms with Gasteiger partial charge in [0.15, 0.2) is 0 Å². The Morgan fingerprint density at radius 3 is 2.27 bits per heavy atom. The molecule has 1 N–H and O–H groups in total. The van der Waals surface area contributed by atoms with Gasteiger partial charge in [-0.25, -0.2) is 9.55 Å². The molecule has 1 aromatic heterocycles. The number of imidazole rings is 1. The molecule has 0 saturated carbocycles. The van der Waals surface area contributed by atoms with Gasteiger partial charge in [0.05, 0.1) is 6.54 Å². The third-order valence-electron chi connectivity index (χ3n) is 2.17. The van der Waals surface area contributed by atoms with E-state index in [1.165, 1.54) is 23.6 Å². The molecule has 0 fully saturated rings. The molecule has 1 heterocycles. The predicted molar refractivity (Wildman–Crippen MR) is 45.5 cm³/mol. The van der Waals surface area contributed by atoms with E-state index in [4.69, 9.17) is 0 Å². The molecule has 0 unspecified atom stereocenters. The van der Waals surface area contributed by atoms with Gasteiger partial charge in [-0.3, -0.25) is 0 Å². The maximum atomic E-state index is 3.32. The lowest BCUT2D eigenvalue weighted by Gasteiger charge is -1.95. The molecule has 0 aliphatic heterocycles. The summed E-state index contributed by atoms with van der Waals surface area (Å²) in [5.74, 6) is 1.27. The number of aromatic amines is 1. The minimum Gasteiger partial charge on any atom is -0.245 e. The van der Waals surface area contributed by atoms with Crippen molar-refractivity contribution >= 4 is 0 Å². The monoisotopic (exact) mass is 153 g/mol. The fourth-order valence-corrected chi connectivity index (χ4v) is 1.44. The summed E-state index contributed by atoms with van der Waals surface area (Å²) in [6.07, 6.45) is 1.20. The molecule has 0 bridgehead atoms. The van der Waals surface area contributed by atoms with Crippen LogP contribution in [0.5, 0.6) is 0 Å². The fourth-order valence-electron chi connectivity index (χ4n) is 1.44. The van der Waals surface area contributed by atoms with Gasteiger partial charge in [-0.05, 0) is 6.42 Å². The van der Waals surface area contributed by atoms with Crippen molar-refractivity contribution < 1.29 is 4.57 Å². The van der Waals surface area contributed by atoms with Gasteiger partial charge in [0, 0.05) is 20.8 Å². The van der Waals surface area contributed by atoms with E-state index >= 15 is 0 Å². The zero-order valence-corrected chi connectivity index (χ0v) is 7.86. The van der Waals surface area contributed by atoms with Crippen molar-refractivity contribution in [3.05, 3.63) is 17.2 Å². The molecule has 0 aliphatic rings. The third-order valence-corrected chi connectivity index (χ3v) is 2.17. The molecule has 0 radical (unpaired) electrons. The fraction of sp³-hybridized carbons (Fsp3) is 0.667. The second kappa shape index (κ2) is 3.07. The van der Waals surface area contributed by atoms with Crippen molar-refractivity contribution in [2.45, 2.75) is 40.7 Å². The Hall–Kier alpha value is -0.790. The van der Waals surface area contributed by atoms with Gasteiger partial charge >= 0.3 is 0 Å². The summed E-state index contributed by atoms with van der Waals surface area (Å²) < 4.78 is 2.33. The van der Waals surface area contributed by atoms with Gasteiger partial charge < -0.3 is 0 Å². The molecule has 62 valence electrons. The normalized spacial score (nSPS) is 10.5. The summed E-state index contributed by atoms with van der Waals surface area (Å²) in [5, 5.41) is 0. The molecule has 0 atom stereocenters. The van der Waals surface area contributed by atoms with Crippen molar-refractivity contribution in [3.63, 3.8) is 0 Å². The topological polar surface area (TPSA) is 19.7 Å². The van der Waals surface area contributed by atoms with Crippen LogP contribution in [0.3, 0.4) is 0 Å². The van der Waals surface area contributed by atoms with Gasteiger partial charge in [-0.1, -0.05) is 6.92 Å². The zero-order valence-electron chi connectivity index (χ0n) is 7.86. The van der Waals surface area contributed by atoms with E-state index in [1.807, 2.05) is 0 Å². The third kappa shape index (κ3) is 1.44. The number of nitrogens with one attached hydrogen (secondary N) is 1. The number of hydrogen-bond donors (Lipinski definition) is 1. The standard InChI is InChI=1S/C9H16N2/c1-5-6-11-8(3)7(2)10-9(11)4/h5-6H2,1-4H3/p+1. The average Bonchev–Trinajstić information content (AvgIpc) is 2.17. The largest absolute Gasteiger partial charge is 0.251 e. The molecule has 11 heavy (non-hydrogen) atoms. The molecule has 2 heteroatoms. The molecule has 0 aromatic carbocycles.